The van der Waals surface area contributed by atoms with Crippen molar-refractivity contribution in [3.63, 3.8) is 0 Å². The van der Waals surface area contributed by atoms with Crippen molar-refractivity contribution in [2.24, 2.45) is 5.92 Å². The van der Waals surface area contributed by atoms with Crippen LogP contribution in [0.15, 0.2) is 66.9 Å². The van der Waals surface area contributed by atoms with Crippen LogP contribution in [0.25, 0.3) is 11.1 Å². The highest BCUT2D eigenvalue weighted by molar-refractivity contribution is 5.97. The lowest BCUT2D eigenvalue weighted by atomic mass is 10.0. The normalized spacial score (nSPS) is 12.0. The molecular formula is C31H40N4O4. The third-order valence-electron chi connectivity index (χ3n) is 5.89. The third-order valence-corrected chi connectivity index (χ3v) is 5.89. The van der Waals surface area contributed by atoms with Crippen LogP contribution >= 0.6 is 0 Å². The van der Waals surface area contributed by atoms with Gasteiger partial charge < -0.3 is 25.0 Å². The Morgan fingerprint density at radius 3 is 2.38 bits per heavy atom. The zero-order chi connectivity index (χ0) is 28.6. The van der Waals surface area contributed by atoms with E-state index in [4.69, 9.17) is 9.47 Å². The van der Waals surface area contributed by atoms with Gasteiger partial charge >= 0.3 is 6.09 Å². The maximum absolute atomic E-state index is 13.1. The first-order chi connectivity index (χ1) is 18.4. The highest BCUT2D eigenvalue weighted by Crippen LogP contribution is 2.34. The monoisotopic (exact) mass is 532 g/mol. The predicted octanol–water partition coefficient (Wildman–Crippen LogP) is 6.27. The summed E-state index contributed by atoms with van der Waals surface area (Å²) in [5.41, 5.74) is 2.92. The van der Waals surface area contributed by atoms with Gasteiger partial charge in [-0.25, -0.2) is 9.78 Å². The summed E-state index contributed by atoms with van der Waals surface area (Å²) in [7, 11) is 3.60. The predicted molar refractivity (Wildman–Crippen MR) is 156 cm³/mol. The molecule has 3 aromatic rings. The number of ether oxygens (including phenoxy) is 2. The van der Waals surface area contributed by atoms with E-state index in [-0.39, 0.29) is 11.8 Å². The van der Waals surface area contributed by atoms with E-state index in [0.717, 1.165) is 23.5 Å². The van der Waals surface area contributed by atoms with Gasteiger partial charge in [-0.15, -0.1) is 0 Å². The number of pyridine rings is 1. The maximum Gasteiger partial charge on any atom is 0.408 e. The van der Waals surface area contributed by atoms with Crippen molar-refractivity contribution in [3.8, 4) is 16.9 Å². The van der Waals surface area contributed by atoms with E-state index >= 15 is 0 Å². The van der Waals surface area contributed by atoms with E-state index in [1.807, 2.05) is 63.4 Å². The number of alkyl carbamates (subject to hydrolysis) is 1. The zero-order valence-electron chi connectivity index (χ0n) is 23.9. The Balaban J connectivity index is 1.77. The molecule has 39 heavy (non-hydrogen) atoms. The lowest BCUT2D eigenvalue weighted by Crippen LogP contribution is -2.46. The van der Waals surface area contributed by atoms with Crippen LogP contribution in [0.2, 0.25) is 0 Å². The number of carbonyl (C=O) groups is 2. The molecule has 0 spiro atoms. The number of carbonyl (C=O) groups excluding carboxylic acids is 2. The van der Waals surface area contributed by atoms with Gasteiger partial charge in [-0.1, -0.05) is 44.2 Å². The number of nitrogens with one attached hydrogen (secondary N) is 2. The first-order valence-electron chi connectivity index (χ1n) is 13.1. The van der Waals surface area contributed by atoms with Crippen molar-refractivity contribution in [1.82, 2.24) is 10.3 Å². The number of methoxy groups -OCH3 is 1. The lowest BCUT2D eigenvalue weighted by Gasteiger charge is -2.24. The van der Waals surface area contributed by atoms with Crippen molar-refractivity contribution in [2.75, 3.05) is 24.4 Å². The summed E-state index contributed by atoms with van der Waals surface area (Å²) in [6.07, 6.45) is 1.62. The molecular weight excluding hydrogens is 492 g/mol. The second-order valence-electron chi connectivity index (χ2n) is 11.0. The molecule has 0 aliphatic carbocycles. The second kappa shape index (κ2) is 13.1. The summed E-state index contributed by atoms with van der Waals surface area (Å²) in [6.45, 7) is 10.1. The molecule has 0 aliphatic rings. The fourth-order valence-corrected chi connectivity index (χ4v) is 4.12. The Morgan fingerprint density at radius 1 is 1.03 bits per heavy atom. The van der Waals surface area contributed by atoms with Gasteiger partial charge in [0, 0.05) is 37.1 Å². The van der Waals surface area contributed by atoms with Gasteiger partial charge in [0.25, 0.3) is 0 Å². The SMILES string of the molecule is COc1cc(NC(=O)[C@@H](CC(C)C)NC(=O)OC(C)(C)C)ccc1-c1ccnc(N(C)Cc2ccccc2)c1. The standard InChI is InChI=1S/C31H40N4O4/c1-21(2)17-26(34-30(37)39-31(3,4)5)29(36)33-24-13-14-25(27(19-24)38-7)23-15-16-32-28(18-23)35(6)20-22-11-9-8-10-12-22/h8-16,18-19,21,26H,17,20H2,1-7H3,(H,33,36)(H,34,37)/t26-/m1/s1. The van der Waals surface area contributed by atoms with Gasteiger partial charge in [0.05, 0.1) is 7.11 Å². The van der Waals surface area contributed by atoms with Gasteiger partial charge in [0.15, 0.2) is 0 Å². The molecule has 1 heterocycles. The van der Waals surface area contributed by atoms with Gasteiger partial charge in [0.2, 0.25) is 5.91 Å². The van der Waals surface area contributed by atoms with Crippen LogP contribution in [0.1, 0.15) is 46.6 Å². The summed E-state index contributed by atoms with van der Waals surface area (Å²) in [4.78, 5) is 32.1. The fraction of sp³-hybridized carbons (Fsp3) is 0.387. The van der Waals surface area contributed by atoms with Crippen molar-refractivity contribution in [2.45, 2.75) is 59.2 Å². The molecule has 0 fully saturated rings. The number of anilines is 2. The zero-order valence-corrected chi connectivity index (χ0v) is 23.9. The largest absolute Gasteiger partial charge is 0.496 e. The average molecular weight is 533 g/mol. The molecule has 1 atom stereocenters. The van der Waals surface area contributed by atoms with E-state index in [9.17, 15) is 9.59 Å². The fourth-order valence-electron chi connectivity index (χ4n) is 4.12. The van der Waals surface area contributed by atoms with Crippen LogP contribution in [-0.2, 0) is 16.1 Å². The molecule has 8 heteroatoms. The Labute approximate surface area is 231 Å². The van der Waals surface area contributed by atoms with Crippen LogP contribution in [0.3, 0.4) is 0 Å². The van der Waals surface area contributed by atoms with Crippen molar-refractivity contribution >= 4 is 23.5 Å². The van der Waals surface area contributed by atoms with E-state index in [0.29, 0.717) is 17.9 Å². The summed E-state index contributed by atoms with van der Waals surface area (Å²) >= 11 is 0. The smallest absolute Gasteiger partial charge is 0.408 e. The number of hydrogen-bond acceptors (Lipinski definition) is 6. The van der Waals surface area contributed by atoms with Crippen LogP contribution in [-0.4, -0.2) is 42.8 Å². The molecule has 0 bridgehead atoms. The van der Waals surface area contributed by atoms with Gasteiger partial charge in [-0.3, -0.25) is 4.79 Å². The third kappa shape index (κ3) is 9.02. The Kier molecular flexibility index (Phi) is 9.93. The Bertz CT molecular complexity index is 1250. The van der Waals surface area contributed by atoms with Crippen LogP contribution in [0.4, 0.5) is 16.3 Å². The van der Waals surface area contributed by atoms with Gasteiger partial charge in [-0.2, -0.15) is 0 Å². The molecule has 2 amide bonds. The van der Waals surface area contributed by atoms with Crippen molar-refractivity contribution < 1.29 is 19.1 Å². The quantitative estimate of drug-likeness (QED) is 0.320. The minimum Gasteiger partial charge on any atom is -0.496 e. The number of amides is 2. The number of benzene rings is 2. The Morgan fingerprint density at radius 2 is 1.74 bits per heavy atom. The second-order valence-corrected chi connectivity index (χ2v) is 11.0. The summed E-state index contributed by atoms with van der Waals surface area (Å²) < 4.78 is 11.0. The molecule has 3 rings (SSSR count). The number of nitrogens with zero attached hydrogens (tertiary/aromatic N) is 2. The van der Waals surface area contributed by atoms with Crippen LogP contribution in [0.5, 0.6) is 5.75 Å². The molecule has 2 N–H and O–H groups in total. The number of aromatic nitrogens is 1. The molecule has 2 aromatic carbocycles. The molecule has 8 nitrogen and oxygen atoms in total. The number of rotatable bonds is 10. The van der Waals surface area contributed by atoms with Crippen molar-refractivity contribution in [1.29, 1.82) is 0 Å². The summed E-state index contributed by atoms with van der Waals surface area (Å²) in [5, 5.41) is 5.62. The molecule has 0 saturated heterocycles. The average Bonchev–Trinajstić information content (AvgIpc) is 2.87. The molecule has 0 saturated carbocycles. The maximum atomic E-state index is 13.1. The molecule has 1 aromatic heterocycles. The van der Waals surface area contributed by atoms with E-state index in [1.165, 1.54) is 5.56 Å². The molecule has 0 unspecified atom stereocenters. The van der Waals surface area contributed by atoms with Gasteiger partial charge in [-0.05, 0) is 68.5 Å². The van der Waals surface area contributed by atoms with E-state index < -0.39 is 17.7 Å². The molecule has 208 valence electrons. The van der Waals surface area contributed by atoms with Crippen molar-refractivity contribution in [3.05, 3.63) is 72.4 Å². The lowest BCUT2D eigenvalue weighted by molar-refractivity contribution is -0.118. The summed E-state index contributed by atoms with van der Waals surface area (Å²) in [6, 6.07) is 18.9. The topological polar surface area (TPSA) is 92.8 Å². The van der Waals surface area contributed by atoms with E-state index in [1.54, 1.807) is 40.1 Å². The Hall–Kier alpha value is -4.07. The first kappa shape index (κ1) is 29.5. The first-order valence-corrected chi connectivity index (χ1v) is 13.1. The summed E-state index contributed by atoms with van der Waals surface area (Å²) in [5.74, 6) is 1.31. The minimum atomic E-state index is -0.742. The van der Waals surface area contributed by atoms with Crippen LogP contribution < -0.4 is 20.3 Å². The minimum absolute atomic E-state index is 0.188. The highest BCUT2D eigenvalue weighted by Gasteiger charge is 2.25. The molecule has 0 radical (unpaired) electrons. The number of hydrogen-bond donors (Lipinski definition) is 2. The van der Waals surface area contributed by atoms with Gasteiger partial charge in [0.1, 0.15) is 23.2 Å². The van der Waals surface area contributed by atoms with E-state index in [2.05, 4.69) is 32.7 Å². The molecule has 0 aliphatic heterocycles. The highest BCUT2D eigenvalue weighted by atomic mass is 16.6. The van der Waals surface area contributed by atoms with Crippen LogP contribution in [0, 0.1) is 5.92 Å².